The third-order valence-electron chi connectivity index (χ3n) is 4.02. The molecule has 0 aliphatic heterocycles. The Morgan fingerprint density at radius 2 is 1.30 bits per heavy atom. The van der Waals surface area contributed by atoms with E-state index in [9.17, 15) is 0 Å². The summed E-state index contributed by atoms with van der Waals surface area (Å²) in [5, 5.41) is 0. The van der Waals surface area contributed by atoms with Crippen molar-refractivity contribution in [3.05, 3.63) is 48.0 Å². The van der Waals surface area contributed by atoms with Crippen LogP contribution in [0.1, 0.15) is 61.0 Å². The Bertz CT molecular complexity index is 435. The van der Waals surface area contributed by atoms with Crippen molar-refractivity contribution < 1.29 is 0 Å². The van der Waals surface area contributed by atoms with Crippen LogP contribution in [-0.2, 0) is 5.41 Å². The maximum atomic E-state index is 2.44. The lowest BCUT2D eigenvalue weighted by Gasteiger charge is -2.42. The van der Waals surface area contributed by atoms with E-state index in [1.54, 1.807) is 0 Å². The van der Waals surface area contributed by atoms with Crippen molar-refractivity contribution in [2.75, 3.05) is 0 Å². The topological polar surface area (TPSA) is 0 Å². The molecule has 0 radical (unpaired) electrons. The Morgan fingerprint density at radius 1 is 0.800 bits per heavy atom. The molecule has 0 aromatic heterocycles. The van der Waals surface area contributed by atoms with Crippen LogP contribution in [-0.4, -0.2) is 0 Å². The smallest absolute Gasteiger partial charge is 0.00358 e. The Kier molecular flexibility index (Phi) is 4.90. The van der Waals surface area contributed by atoms with Crippen LogP contribution >= 0.6 is 0 Å². The standard InChI is InChI=1S/C20H32/c1-18(2,3)15-14-17(19(4,5)6)20(7,8)16-12-10-9-11-13-16/h9-15,17H,1-8H3/b15-14+. The lowest BCUT2D eigenvalue weighted by molar-refractivity contribution is 0.194. The quantitative estimate of drug-likeness (QED) is 0.572. The lowest BCUT2D eigenvalue weighted by atomic mass is 9.62. The van der Waals surface area contributed by atoms with Gasteiger partial charge in [-0.05, 0) is 27.7 Å². The Balaban J connectivity index is 3.21. The van der Waals surface area contributed by atoms with Gasteiger partial charge in [0.2, 0.25) is 0 Å². The summed E-state index contributed by atoms with van der Waals surface area (Å²) in [7, 11) is 0. The first kappa shape index (κ1) is 17.0. The van der Waals surface area contributed by atoms with Gasteiger partial charge in [0.05, 0.1) is 0 Å². The Labute approximate surface area is 126 Å². The first-order chi connectivity index (χ1) is 8.94. The molecule has 0 spiro atoms. The Hall–Kier alpha value is -1.04. The normalized spacial score (nSPS) is 15.6. The predicted octanol–water partition coefficient (Wildman–Crippen LogP) is 6.23. The molecule has 0 bridgehead atoms. The van der Waals surface area contributed by atoms with Crippen LogP contribution in [0.25, 0.3) is 0 Å². The van der Waals surface area contributed by atoms with Crippen LogP contribution in [0, 0.1) is 16.7 Å². The molecule has 20 heavy (non-hydrogen) atoms. The molecule has 112 valence electrons. The van der Waals surface area contributed by atoms with E-state index in [0.29, 0.717) is 5.92 Å². The third kappa shape index (κ3) is 4.51. The van der Waals surface area contributed by atoms with Crippen molar-refractivity contribution >= 4 is 0 Å². The predicted molar refractivity (Wildman–Crippen MR) is 91.0 cm³/mol. The van der Waals surface area contributed by atoms with Gasteiger partial charge in [0, 0.05) is 0 Å². The minimum atomic E-state index is 0.126. The van der Waals surface area contributed by atoms with Crippen molar-refractivity contribution in [1.82, 2.24) is 0 Å². The second-order valence-electron chi connectivity index (χ2n) is 8.66. The van der Waals surface area contributed by atoms with E-state index in [2.05, 4.69) is 97.9 Å². The van der Waals surface area contributed by atoms with Gasteiger partial charge in [-0.15, -0.1) is 0 Å². The lowest BCUT2D eigenvalue weighted by Crippen LogP contribution is -2.36. The van der Waals surface area contributed by atoms with Gasteiger partial charge in [-0.2, -0.15) is 0 Å². The van der Waals surface area contributed by atoms with Gasteiger partial charge in [-0.25, -0.2) is 0 Å². The van der Waals surface area contributed by atoms with E-state index in [4.69, 9.17) is 0 Å². The highest BCUT2D eigenvalue weighted by molar-refractivity contribution is 5.27. The fourth-order valence-electron chi connectivity index (χ4n) is 3.04. The van der Waals surface area contributed by atoms with E-state index in [0.717, 1.165) is 0 Å². The summed E-state index contributed by atoms with van der Waals surface area (Å²) < 4.78 is 0. The van der Waals surface area contributed by atoms with Crippen LogP contribution in [0.5, 0.6) is 0 Å². The van der Waals surface area contributed by atoms with Gasteiger partial charge in [0.1, 0.15) is 0 Å². The van der Waals surface area contributed by atoms with Crippen molar-refractivity contribution in [1.29, 1.82) is 0 Å². The van der Waals surface area contributed by atoms with Gasteiger partial charge in [0.25, 0.3) is 0 Å². The number of hydrogen-bond acceptors (Lipinski definition) is 0. The van der Waals surface area contributed by atoms with Crippen molar-refractivity contribution in [2.24, 2.45) is 16.7 Å². The van der Waals surface area contributed by atoms with Crippen molar-refractivity contribution in [3.63, 3.8) is 0 Å². The van der Waals surface area contributed by atoms with Crippen LogP contribution in [0.3, 0.4) is 0 Å². The first-order valence-electron chi connectivity index (χ1n) is 7.69. The molecule has 0 heteroatoms. The largest absolute Gasteiger partial charge is 0.0835 e. The fraction of sp³-hybridized carbons (Fsp3) is 0.600. The SMILES string of the molecule is CC(C)(C)/C=C/C(C(C)(C)C)C(C)(C)c1ccccc1. The summed E-state index contributed by atoms with van der Waals surface area (Å²) in [6.45, 7) is 18.5. The summed E-state index contributed by atoms with van der Waals surface area (Å²) in [6, 6.07) is 10.9. The summed E-state index contributed by atoms with van der Waals surface area (Å²) in [5.41, 5.74) is 2.01. The Morgan fingerprint density at radius 3 is 1.70 bits per heavy atom. The fourth-order valence-corrected chi connectivity index (χ4v) is 3.04. The molecule has 0 fully saturated rings. The number of hydrogen-bond donors (Lipinski definition) is 0. The molecule has 0 saturated carbocycles. The summed E-state index contributed by atoms with van der Waals surface area (Å²) in [4.78, 5) is 0. The zero-order chi connectivity index (χ0) is 15.6. The molecule has 1 rings (SSSR count). The molecule has 0 nitrogen and oxygen atoms in total. The van der Waals surface area contributed by atoms with E-state index in [1.165, 1.54) is 5.56 Å². The highest BCUT2D eigenvalue weighted by atomic mass is 14.4. The summed E-state index contributed by atoms with van der Waals surface area (Å²) >= 11 is 0. The monoisotopic (exact) mass is 272 g/mol. The highest BCUT2D eigenvalue weighted by Gasteiger charge is 2.37. The van der Waals surface area contributed by atoms with Crippen LogP contribution in [0.15, 0.2) is 42.5 Å². The van der Waals surface area contributed by atoms with Gasteiger partial charge >= 0.3 is 0 Å². The highest BCUT2D eigenvalue weighted by Crippen LogP contribution is 2.43. The molecule has 0 saturated heterocycles. The molecule has 1 atom stereocenters. The average molecular weight is 272 g/mol. The molecule has 0 amide bonds. The van der Waals surface area contributed by atoms with Gasteiger partial charge < -0.3 is 0 Å². The zero-order valence-electron chi connectivity index (χ0n) is 14.6. The molecule has 0 N–H and O–H groups in total. The third-order valence-corrected chi connectivity index (χ3v) is 4.02. The van der Waals surface area contributed by atoms with Gasteiger partial charge in [-0.1, -0.05) is 97.9 Å². The molecular formula is C20H32. The maximum Gasteiger partial charge on any atom is -0.00358 e. The average Bonchev–Trinajstić information content (AvgIpc) is 2.26. The molecule has 0 heterocycles. The second kappa shape index (κ2) is 5.76. The minimum Gasteiger partial charge on any atom is -0.0835 e. The zero-order valence-corrected chi connectivity index (χ0v) is 14.6. The van der Waals surface area contributed by atoms with E-state index >= 15 is 0 Å². The maximum absolute atomic E-state index is 2.44. The molecule has 0 aliphatic rings. The summed E-state index contributed by atoms with van der Waals surface area (Å²) in [5.74, 6) is 0.497. The molecule has 0 aliphatic carbocycles. The van der Waals surface area contributed by atoms with Gasteiger partial charge in [-0.3, -0.25) is 0 Å². The number of allylic oxidation sites excluding steroid dienone is 2. The van der Waals surface area contributed by atoms with Crippen LogP contribution < -0.4 is 0 Å². The van der Waals surface area contributed by atoms with E-state index in [1.807, 2.05) is 0 Å². The van der Waals surface area contributed by atoms with Crippen molar-refractivity contribution in [2.45, 2.75) is 60.8 Å². The number of rotatable bonds is 3. The van der Waals surface area contributed by atoms with Crippen LogP contribution in [0.4, 0.5) is 0 Å². The van der Waals surface area contributed by atoms with E-state index in [-0.39, 0.29) is 16.2 Å². The minimum absolute atomic E-state index is 0.126. The second-order valence-corrected chi connectivity index (χ2v) is 8.66. The van der Waals surface area contributed by atoms with Gasteiger partial charge in [0.15, 0.2) is 0 Å². The first-order valence-corrected chi connectivity index (χ1v) is 7.69. The van der Waals surface area contributed by atoms with Crippen molar-refractivity contribution in [3.8, 4) is 0 Å². The van der Waals surface area contributed by atoms with Crippen LogP contribution in [0.2, 0.25) is 0 Å². The number of benzene rings is 1. The molecular weight excluding hydrogens is 240 g/mol. The molecule has 1 aromatic rings. The summed E-state index contributed by atoms with van der Waals surface area (Å²) in [6.07, 6.45) is 4.81. The molecule has 1 aromatic carbocycles. The molecule has 1 unspecified atom stereocenters. The van der Waals surface area contributed by atoms with E-state index < -0.39 is 0 Å².